The van der Waals surface area contributed by atoms with E-state index in [9.17, 15) is 10.1 Å². The molecule has 1 atom stereocenters. The van der Waals surface area contributed by atoms with Gasteiger partial charge in [0.15, 0.2) is 0 Å². The second-order valence-corrected chi connectivity index (χ2v) is 3.42. The van der Waals surface area contributed by atoms with Crippen LogP contribution in [-0.2, 0) is 0 Å². The minimum Gasteiger partial charge on any atom is -0.321 e. The first-order chi connectivity index (χ1) is 6.02. The van der Waals surface area contributed by atoms with E-state index in [0.717, 1.165) is 0 Å². The molecule has 0 saturated heterocycles. The highest BCUT2D eigenvalue weighted by Gasteiger charge is 2.17. The van der Waals surface area contributed by atoms with Gasteiger partial charge in [-0.3, -0.25) is 10.1 Å². The lowest BCUT2D eigenvalue weighted by Crippen LogP contribution is -2.22. The average Bonchev–Trinajstić information content (AvgIpc) is 2.04. The summed E-state index contributed by atoms with van der Waals surface area (Å²) in [5.74, 6) is 0. The summed E-state index contributed by atoms with van der Waals surface area (Å²) < 4.78 is 0. The number of nitrogens with zero attached hydrogens (tertiary/aromatic N) is 1. The highest BCUT2D eigenvalue weighted by Crippen LogP contribution is 2.20. The number of allylic oxidation sites excluding steroid dienone is 2. The largest absolute Gasteiger partial charge is 0.321 e. The summed E-state index contributed by atoms with van der Waals surface area (Å²) in [6.07, 6.45) is 4.45. The van der Waals surface area contributed by atoms with E-state index >= 15 is 0 Å². The average molecular weight is 198 g/mol. The van der Waals surface area contributed by atoms with Crippen LogP contribution in [0, 0.1) is 10.1 Å². The molecule has 0 heterocycles. The van der Waals surface area contributed by atoms with Crippen molar-refractivity contribution in [2.24, 2.45) is 5.73 Å². The quantitative estimate of drug-likeness (QED) is 0.378. The molecule has 0 aromatic heterocycles. The smallest absolute Gasteiger partial charge is 0.269 e. The van der Waals surface area contributed by atoms with E-state index in [-0.39, 0.29) is 11.7 Å². The van der Waals surface area contributed by atoms with Crippen LogP contribution in [-0.4, -0.2) is 11.0 Å². The maximum absolute atomic E-state index is 10.4. The third kappa shape index (κ3) is 2.19. The second kappa shape index (κ2) is 3.76. The summed E-state index contributed by atoms with van der Waals surface area (Å²) in [6.45, 7) is 1.76. The van der Waals surface area contributed by atoms with Crippen LogP contribution >= 0.6 is 12.6 Å². The topological polar surface area (TPSA) is 69.2 Å². The SMILES string of the molecule is C/C(S)=C1\C=C([N+](=O)[O-])C=CC1N. The zero-order chi connectivity index (χ0) is 10.0. The molecule has 0 saturated carbocycles. The Kier molecular flexibility index (Phi) is 2.90. The van der Waals surface area contributed by atoms with Crippen LogP contribution in [0.3, 0.4) is 0 Å². The first-order valence-corrected chi connectivity index (χ1v) is 4.16. The van der Waals surface area contributed by atoms with Crippen molar-refractivity contribution in [3.63, 3.8) is 0 Å². The molecule has 0 amide bonds. The van der Waals surface area contributed by atoms with E-state index in [0.29, 0.717) is 10.5 Å². The van der Waals surface area contributed by atoms with E-state index in [2.05, 4.69) is 12.6 Å². The predicted molar refractivity (Wildman–Crippen MR) is 53.9 cm³/mol. The number of hydrogen-bond donors (Lipinski definition) is 2. The number of thiol groups is 1. The molecule has 0 fully saturated rings. The Morgan fingerprint density at radius 3 is 2.85 bits per heavy atom. The zero-order valence-corrected chi connectivity index (χ0v) is 7.99. The van der Waals surface area contributed by atoms with E-state index < -0.39 is 4.92 Å². The Morgan fingerprint density at radius 1 is 1.77 bits per heavy atom. The normalized spacial score (nSPS) is 25.5. The van der Waals surface area contributed by atoms with Gasteiger partial charge in [0.2, 0.25) is 0 Å². The van der Waals surface area contributed by atoms with Gasteiger partial charge in [0, 0.05) is 18.2 Å². The molecule has 0 aromatic rings. The fraction of sp³-hybridized carbons (Fsp3) is 0.250. The van der Waals surface area contributed by atoms with Crippen molar-refractivity contribution >= 4 is 12.6 Å². The van der Waals surface area contributed by atoms with Crippen molar-refractivity contribution in [2.45, 2.75) is 13.0 Å². The molecule has 70 valence electrons. The number of nitrogens with two attached hydrogens (primary N) is 1. The highest BCUT2D eigenvalue weighted by atomic mass is 32.1. The Bertz CT molecular complexity index is 327. The monoisotopic (exact) mass is 198 g/mol. The fourth-order valence-electron chi connectivity index (χ4n) is 1.07. The summed E-state index contributed by atoms with van der Waals surface area (Å²) in [5, 5.41) is 10.4. The number of rotatable bonds is 1. The Labute approximate surface area is 81.4 Å². The minimum absolute atomic E-state index is 0.0464. The van der Waals surface area contributed by atoms with Crippen molar-refractivity contribution in [2.75, 3.05) is 0 Å². The van der Waals surface area contributed by atoms with Crippen LogP contribution in [0.25, 0.3) is 0 Å². The standard InChI is InChI=1S/C8H10N2O2S/c1-5(13)7-4-6(10(11)12)2-3-8(7)9/h2-4,8,13H,9H2,1H3/b7-5-. The predicted octanol–water partition coefficient (Wildman–Crippen LogP) is 1.25. The summed E-state index contributed by atoms with van der Waals surface area (Å²) in [7, 11) is 0. The highest BCUT2D eigenvalue weighted by molar-refractivity contribution is 7.84. The third-order valence-corrected chi connectivity index (χ3v) is 2.02. The fourth-order valence-corrected chi connectivity index (χ4v) is 1.28. The van der Waals surface area contributed by atoms with Crippen LogP contribution in [0.5, 0.6) is 0 Å². The lowest BCUT2D eigenvalue weighted by atomic mass is 10.0. The molecular formula is C8H10N2O2S. The molecule has 0 bridgehead atoms. The summed E-state index contributed by atoms with van der Waals surface area (Å²) in [5.41, 5.74) is 6.42. The lowest BCUT2D eigenvalue weighted by molar-refractivity contribution is -0.419. The van der Waals surface area contributed by atoms with Crippen molar-refractivity contribution in [1.82, 2.24) is 0 Å². The van der Waals surface area contributed by atoms with Crippen molar-refractivity contribution < 1.29 is 4.92 Å². The number of hydrogen-bond acceptors (Lipinski definition) is 4. The van der Waals surface area contributed by atoms with Gasteiger partial charge < -0.3 is 5.73 Å². The molecule has 4 nitrogen and oxygen atoms in total. The van der Waals surface area contributed by atoms with Gasteiger partial charge in [-0.2, -0.15) is 0 Å². The van der Waals surface area contributed by atoms with Crippen LogP contribution in [0.4, 0.5) is 0 Å². The van der Waals surface area contributed by atoms with Crippen LogP contribution in [0.1, 0.15) is 6.92 Å². The Balaban J connectivity index is 3.08. The lowest BCUT2D eigenvalue weighted by Gasteiger charge is -2.13. The van der Waals surface area contributed by atoms with Crippen LogP contribution in [0.15, 0.2) is 34.4 Å². The molecular weight excluding hydrogens is 188 g/mol. The van der Waals surface area contributed by atoms with E-state index in [4.69, 9.17) is 5.73 Å². The summed E-state index contributed by atoms with van der Waals surface area (Å²) >= 11 is 4.11. The zero-order valence-electron chi connectivity index (χ0n) is 7.10. The molecule has 1 unspecified atom stereocenters. The molecule has 13 heavy (non-hydrogen) atoms. The minimum atomic E-state index is -0.445. The van der Waals surface area contributed by atoms with Gasteiger partial charge in [-0.1, -0.05) is 6.08 Å². The van der Waals surface area contributed by atoms with Gasteiger partial charge in [0.05, 0.1) is 4.92 Å². The van der Waals surface area contributed by atoms with E-state index in [1.165, 1.54) is 12.2 Å². The maximum atomic E-state index is 10.4. The van der Waals surface area contributed by atoms with Gasteiger partial charge in [-0.15, -0.1) is 12.6 Å². The molecule has 5 heteroatoms. The molecule has 1 rings (SSSR count). The van der Waals surface area contributed by atoms with Gasteiger partial charge in [0.1, 0.15) is 0 Å². The van der Waals surface area contributed by atoms with Gasteiger partial charge in [0.25, 0.3) is 5.70 Å². The molecule has 1 aliphatic carbocycles. The third-order valence-electron chi connectivity index (χ3n) is 1.77. The van der Waals surface area contributed by atoms with Crippen molar-refractivity contribution in [1.29, 1.82) is 0 Å². The van der Waals surface area contributed by atoms with Crippen LogP contribution < -0.4 is 5.73 Å². The molecule has 0 aromatic carbocycles. The van der Waals surface area contributed by atoms with E-state index in [1.807, 2.05) is 0 Å². The molecule has 0 aliphatic heterocycles. The Morgan fingerprint density at radius 2 is 2.38 bits per heavy atom. The van der Waals surface area contributed by atoms with Crippen molar-refractivity contribution in [3.8, 4) is 0 Å². The van der Waals surface area contributed by atoms with Gasteiger partial charge >= 0.3 is 0 Å². The van der Waals surface area contributed by atoms with Gasteiger partial charge in [-0.25, -0.2) is 0 Å². The number of nitro groups is 1. The van der Waals surface area contributed by atoms with Crippen LogP contribution in [0.2, 0.25) is 0 Å². The van der Waals surface area contributed by atoms with Crippen molar-refractivity contribution in [3.05, 3.63) is 44.5 Å². The molecule has 0 spiro atoms. The Hall–Kier alpha value is -1.07. The molecule has 1 aliphatic rings. The summed E-state index contributed by atoms with van der Waals surface area (Å²) in [6, 6.07) is -0.291. The summed E-state index contributed by atoms with van der Waals surface area (Å²) in [4.78, 5) is 10.7. The van der Waals surface area contributed by atoms with E-state index in [1.54, 1.807) is 13.0 Å². The first-order valence-electron chi connectivity index (χ1n) is 3.72. The molecule has 2 N–H and O–H groups in total. The first kappa shape index (κ1) is 10.0. The molecule has 0 radical (unpaired) electrons. The maximum Gasteiger partial charge on any atom is 0.269 e. The second-order valence-electron chi connectivity index (χ2n) is 2.75. The van der Waals surface area contributed by atoms with Gasteiger partial charge in [-0.05, 0) is 17.4 Å².